The lowest BCUT2D eigenvalue weighted by atomic mass is 9.93. The van der Waals surface area contributed by atoms with Crippen LogP contribution in [-0.4, -0.2) is 42.5 Å². The maximum Gasteiger partial charge on any atom is 0.345 e. The highest BCUT2D eigenvalue weighted by Crippen LogP contribution is 2.24. The molecular weight excluding hydrogens is 344 g/mol. The van der Waals surface area contributed by atoms with Crippen molar-refractivity contribution in [3.63, 3.8) is 0 Å². The molecule has 0 bridgehead atoms. The van der Waals surface area contributed by atoms with Crippen molar-refractivity contribution in [2.24, 2.45) is 13.0 Å². The predicted molar refractivity (Wildman–Crippen MR) is 101 cm³/mol. The second-order valence-corrected chi connectivity index (χ2v) is 7.23. The Morgan fingerprint density at radius 3 is 2.78 bits per heavy atom. The summed E-state index contributed by atoms with van der Waals surface area (Å²) >= 11 is 0. The van der Waals surface area contributed by atoms with Crippen molar-refractivity contribution < 1.29 is 4.42 Å². The van der Waals surface area contributed by atoms with Crippen molar-refractivity contribution in [1.29, 1.82) is 0 Å². The normalized spacial score (nSPS) is 16.2. The zero-order chi connectivity index (χ0) is 18.8. The number of rotatable bonds is 6. The quantitative estimate of drug-likeness (QED) is 0.718. The zero-order valence-corrected chi connectivity index (χ0v) is 15.9. The van der Waals surface area contributed by atoms with Gasteiger partial charge in [-0.25, -0.2) is 9.48 Å². The molecule has 1 aliphatic heterocycles. The van der Waals surface area contributed by atoms with E-state index in [-0.39, 0.29) is 5.69 Å². The van der Waals surface area contributed by atoms with Crippen molar-refractivity contribution in [3.05, 3.63) is 46.5 Å². The maximum atomic E-state index is 12.0. The molecule has 1 fully saturated rings. The van der Waals surface area contributed by atoms with Gasteiger partial charge in [0.25, 0.3) is 0 Å². The van der Waals surface area contributed by atoms with Crippen LogP contribution < -0.4 is 5.69 Å². The van der Waals surface area contributed by atoms with Gasteiger partial charge in [0, 0.05) is 26.2 Å². The number of hydrogen-bond donors (Lipinski definition) is 1. The van der Waals surface area contributed by atoms with Gasteiger partial charge in [-0.1, -0.05) is 0 Å². The lowest BCUT2D eigenvalue weighted by molar-refractivity contribution is 0.165. The highest BCUT2D eigenvalue weighted by atomic mass is 16.3. The molecule has 4 rings (SSSR count). The largest absolute Gasteiger partial charge is 0.458 e. The van der Waals surface area contributed by atoms with E-state index >= 15 is 0 Å². The molecule has 0 radical (unpaired) electrons. The van der Waals surface area contributed by atoms with E-state index in [1.165, 1.54) is 4.68 Å². The standard InChI is InChI=1S/C19H26N6O2/c1-3-25-18(22-23(2)19(25)26)12-14-7-10-24(11-8-14)13-15-4-5-17(27-15)16-6-9-20-21-16/h4-6,9,14H,3,7-8,10-13H2,1-2H3,(H,20,21). The number of likely N-dealkylation sites (tertiary alicyclic amines) is 1. The molecule has 0 spiro atoms. The third kappa shape index (κ3) is 3.75. The molecule has 1 aliphatic rings. The van der Waals surface area contributed by atoms with Gasteiger partial charge in [0.15, 0.2) is 5.76 Å². The Hall–Kier alpha value is -2.61. The van der Waals surface area contributed by atoms with Gasteiger partial charge in [-0.05, 0) is 57.0 Å². The van der Waals surface area contributed by atoms with Crippen LogP contribution in [0.15, 0.2) is 33.6 Å². The Kier molecular flexibility index (Phi) is 4.98. The van der Waals surface area contributed by atoms with Crippen LogP contribution in [0.5, 0.6) is 0 Å². The number of hydrogen-bond acceptors (Lipinski definition) is 5. The smallest absolute Gasteiger partial charge is 0.345 e. The molecule has 4 heterocycles. The van der Waals surface area contributed by atoms with E-state index in [0.29, 0.717) is 12.5 Å². The van der Waals surface area contributed by atoms with Gasteiger partial charge in [0.2, 0.25) is 0 Å². The Balaban J connectivity index is 1.32. The number of H-pyrrole nitrogens is 1. The third-order valence-electron chi connectivity index (χ3n) is 5.39. The Labute approximate surface area is 157 Å². The summed E-state index contributed by atoms with van der Waals surface area (Å²) in [7, 11) is 1.72. The molecule has 1 N–H and O–H groups in total. The summed E-state index contributed by atoms with van der Waals surface area (Å²) < 4.78 is 9.17. The molecule has 0 aromatic carbocycles. The topological polar surface area (TPSA) is 84.9 Å². The summed E-state index contributed by atoms with van der Waals surface area (Å²) in [5, 5.41) is 11.3. The van der Waals surface area contributed by atoms with Crippen LogP contribution in [0.4, 0.5) is 0 Å². The van der Waals surface area contributed by atoms with Crippen molar-refractivity contribution in [2.45, 2.75) is 39.3 Å². The van der Waals surface area contributed by atoms with Crippen LogP contribution in [0.3, 0.4) is 0 Å². The first kappa shape index (κ1) is 17.8. The molecule has 144 valence electrons. The Bertz CT molecular complexity index is 928. The van der Waals surface area contributed by atoms with Crippen LogP contribution in [0.2, 0.25) is 0 Å². The lowest BCUT2D eigenvalue weighted by Gasteiger charge is -2.31. The maximum absolute atomic E-state index is 12.0. The highest BCUT2D eigenvalue weighted by Gasteiger charge is 2.23. The number of aromatic nitrogens is 5. The summed E-state index contributed by atoms with van der Waals surface area (Å²) in [6.45, 7) is 5.57. The van der Waals surface area contributed by atoms with Gasteiger partial charge >= 0.3 is 5.69 Å². The van der Waals surface area contributed by atoms with Crippen molar-refractivity contribution in [3.8, 4) is 11.5 Å². The molecule has 0 unspecified atom stereocenters. The van der Waals surface area contributed by atoms with Gasteiger partial charge < -0.3 is 4.42 Å². The van der Waals surface area contributed by atoms with Crippen molar-refractivity contribution in [1.82, 2.24) is 29.4 Å². The molecule has 8 heteroatoms. The fourth-order valence-corrected chi connectivity index (χ4v) is 3.85. The van der Waals surface area contributed by atoms with Crippen molar-refractivity contribution >= 4 is 0 Å². The van der Waals surface area contributed by atoms with E-state index < -0.39 is 0 Å². The second-order valence-electron chi connectivity index (χ2n) is 7.23. The van der Waals surface area contributed by atoms with E-state index in [2.05, 4.69) is 20.2 Å². The van der Waals surface area contributed by atoms with Gasteiger partial charge in [0.05, 0.1) is 6.54 Å². The minimum atomic E-state index is -0.0178. The highest BCUT2D eigenvalue weighted by molar-refractivity contribution is 5.51. The van der Waals surface area contributed by atoms with E-state index in [1.807, 2.05) is 25.1 Å². The van der Waals surface area contributed by atoms with E-state index in [0.717, 1.165) is 61.9 Å². The molecule has 3 aromatic heterocycles. The van der Waals surface area contributed by atoms with Crippen molar-refractivity contribution in [2.75, 3.05) is 13.1 Å². The number of nitrogens with one attached hydrogen (secondary N) is 1. The summed E-state index contributed by atoms with van der Waals surface area (Å²) in [6.07, 6.45) is 4.83. The molecule has 0 aliphatic carbocycles. The van der Waals surface area contributed by atoms with Gasteiger partial charge in [-0.3, -0.25) is 14.6 Å². The molecule has 0 atom stereocenters. The first-order valence-corrected chi connectivity index (χ1v) is 9.57. The number of aryl methyl sites for hydroxylation is 1. The number of furan rings is 1. The van der Waals surface area contributed by atoms with Crippen LogP contribution in [0, 0.1) is 5.92 Å². The fourth-order valence-electron chi connectivity index (χ4n) is 3.85. The lowest BCUT2D eigenvalue weighted by Crippen LogP contribution is -2.34. The average Bonchev–Trinajstić information content (AvgIpc) is 3.39. The number of piperidine rings is 1. The van der Waals surface area contributed by atoms with Gasteiger partial charge in [-0.2, -0.15) is 10.2 Å². The zero-order valence-electron chi connectivity index (χ0n) is 15.9. The van der Waals surface area contributed by atoms with Crippen LogP contribution >= 0.6 is 0 Å². The molecule has 0 amide bonds. The SMILES string of the molecule is CCn1c(CC2CCN(Cc3ccc(-c4ccn[nH]4)o3)CC2)nn(C)c1=O. The molecular formula is C19H26N6O2. The molecule has 0 saturated carbocycles. The minimum Gasteiger partial charge on any atom is -0.458 e. The summed E-state index contributed by atoms with van der Waals surface area (Å²) in [5.74, 6) is 3.29. The summed E-state index contributed by atoms with van der Waals surface area (Å²) in [5.41, 5.74) is 0.883. The molecule has 8 nitrogen and oxygen atoms in total. The van der Waals surface area contributed by atoms with E-state index in [4.69, 9.17) is 4.42 Å². The van der Waals surface area contributed by atoms with Crippen LogP contribution in [0.25, 0.3) is 11.5 Å². The van der Waals surface area contributed by atoms with Gasteiger partial charge in [0.1, 0.15) is 17.3 Å². The van der Waals surface area contributed by atoms with Gasteiger partial charge in [-0.15, -0.1) is 0 Å². The minimum absolute atomic E-state index is 0.0178. The predicted octanol–water partition coefficient (Wildman–Crippen LogP) is 2.04. The molecule has 1 saturated heterocycles. The summed E-state index contributed by atoms with van der Waals surface area (Å²) in [4.78, 5) is 14.5. The van der Waals surface area contributed by atoms with Crippen LogP contribution in [0.1, 0.15) is 31.4 Å². The fraction of sp³-hybridized carbons (Fsp3) is 0.526. The number of aromatic amines is 1. The average molecular weight is 370 g/mol. The third-order valence-corrected chi connectivity index (χ3v) is 5.39. The number of nitrogens with zero attached hydrogens (tertiary/aromatic N) is 5. The van der Waals surface area contributed by atoms with E-state index in [9.17, 15) is 4.79 Å². The monoisotopic (exact) mass is 370 g/mol. The first-order chi connectivity index (χ1) is 13.1. The molecule has 3 aromatic rings. The first-order valence-electron chi connectivity index (χ1n) is 9.57. The second kappa shape index (κ2) is 7.56. The Morgan fingerprint density at radius 2 is 2.07 bits per heavy atom. The Morgan fingerprint density at radius 1 is 1.26 bits per heavy atom. The summed E-state index contributed by atoms with van der Waals surface area (Å²) in [6, 6.07) is 5.93. The van der Waals surface area contributed by atoms with E-state index in [1.54, 1.807) is 17.8 Å². The van der Waals surface area contributed by atoms with Crippen LogP contribution in [-0.2, 0) is 26.6 Å². The molecule has 27 heavy (non-hydrogen) atoms.